The van der Waals surface area contributed by atoms with Crippen molar-refractivity contribution in [1.29, 1.82) is 5.26 Å². The molecule has 2 fully saturated rings. The van der Waals surface area contributed by atoms with Gasteiger partial charge in [-0.2, -0.15) is 9.57 Å². The number of hydrogen-bond acceptors (Lipinski definition) is 4. The minimum Gasteiger partial charge on any atom is -0.337 e. The lowest BCUT2D eigenvalue weighted by Crippen LogP contribution is -2.49. The monoisotopic (exact) mass is 403 g/mol. The van der Waals surface area contributed by atoms with Crippen molar-refractivity contribution in [3.05, 3.63) is 29.8 Å². The molecule has 7 heteroatoms. The Balaban J connectivity index is 1.70. The van der Waals surface area contributed by atoms with E-state index in [1.54, 1.807) is 12.1 Å². The van der Waals surface area contributed by atoms with Crippen LogP contribution in [0.3, 0.4) is 0 Å². The van der Waals surface area contributed by atoms with E-state index in [0.29, 0.717) is 32.0 Å². The number of nitriles is 1. The van der Waals surface area contributed by atoms with Crippen LogP contribution in [-0.4, -0.2) is 48.7 Å². The minimum atomic E-state index is -3.72. The van der Waals surface area contributed by atoms with E-state index in [1.165, 1.54) is 29.3 Å². The number of benzene rings is 1. The van der Waals surface area contributed by atoms with Crippen LogP contribution in [0, 0.1) is 17.2 Å². The molecule has 0 radical (unpaired) electrons. The van der Waals surface area contributed by atoms with Crippen LogP contribution in [0.25, 0.3) is 0 Å². The summed E-state index contributed by atoms with van der Waals surface area (Å²) in [6.07, 6.45) is 5.56. The second kappa shape index (κ2) is 8.62. The molecule has 1 aromatic carbocycles. The van der Waals surface area contributed by atoms with Gasteiger partial charge in [0, 0.05) is 31.1 Å². The molecule has 2 aliphatic rings. The van der Waals surface area contributed by atoms with Gasteiger partial charge in [-0.15, -0.1) is 0 Å². The Morgan fingerprint density at radius 3 is 2.32 bits per heavy atom. The van der Waals surface area contributed by atoms with Crippen molar-refractivity contribution in [2.75, 3.05) is 13.1 Å². The Hall–Kier alpha value is -1.91. The zero-order valence-corrected chi connectivity index (χ0v) is 17.5. The van der Waals surface area contributed by atoms with Gasteiger partial charge in [0.1, 0.15) is 6.07 Å². The summed E-state index contributed by atoms with van der Waals surface area (Å²) in [5.74, 6) is 0.0528. The van der Waals surface area contributed by atoms with Gasteiger partial charge in [-0.05, 0) is 51.7 Å². The van der Waals surface area contributed by atoms with Gasteiger partial charge in [0.2, 0.25) is 15.9 Å². The largest absolute Gasteiger partial charge is 0.337 e. The van der Waals surface area contributed by atoms with E-state index in [0.717, 1.165) is 12.8 Å². The normalized spacial score (nSPS) is 19.6. The molecule has 0 atom stereocenters. The number of hydrogen-bond donors (Lipinski definition) is 0. The van der Waals surface area contributed by atoms with Crippen LogP contribution < -0.4 is 0 Å². The van der Waals surface area contributed by atoms with Crippen LogP contribution in [0.4, 0.5) is 0 Å². The molecule has 6 nitrogen and oxygen atoms in total. The topological polar surface area (TPSA) is 81.5 Å². The Labute approximate surface area is 168 Å². The highest BCUT2D eigenvalue weighted by Gasteiger charge is 2.37. The number of piperidine rings is 1. The van der Waals surface area contributed by atoms with E-state index in [2.05, 4.69) is 13.8 Å². The Morgan fingerprint density at radius 2 is 1.75 bits per heavy atom. The number of carbonyl (C=O) groups is 1. The van der Waals surface area contributed by atoms with E-state index in [-0.39, 0.29) is 28.3 Å². The zero-order chi connectivity index (χ0) is 20.3. The van der Waals surface area contributed by atoms with Gasteiger partial charge in [0.05, 0.1) is 10.5 Å². The summed E-state index contributed by atoms with van der Waals surface area (Å²) in [4.78, 5) is 15.3. The third-order valence-electron chi connectivity index (χ3n) is 5.96. The predicted octanol–water partition coefficient (Wildman–Crippen LogP) is 3.14. The molecular formula is C21H29N3O3S. The average molecular weight is 404 g/mol. The number of amides is 1. The SMILES string of the molecule is CC(C)N(C(=O)C1CCN(S(=O)(=O)c2ccccc2C#N)CC1)C1CCCC1. The lowest BCUT2D eigenvalue weighted by Gasteiger charge is -2.38. The Morgan fingerprint density at radius 1 is 1.14 bits per heavy atom. The molecule has 1 amide bonds. The fourth-order valence-electron chi connectivity index (χ4n) is 4.52. The first-order chi connectivity index (χ1) is 13.4. The second-order valence-corrected chi connectivity index (χ2v) is 9.97. The van der Waals surface area contributed by atoms with E-state index in [1.807, 2.05) is 11.0 Å². The molecule has 0 aromatic heterocycles. The quantitative estimate of drug-likeness (QED) is 0.756. The number of carbonyl (C=O) groups excluding carboxylic acids is 1. The lowest BCUT2D eigenvalue weighted by atomic mass is 9.95. The van der Waals surface area contributed by atoms with Gasteiger partial charge in [-0.1, -0.05) is 25.0 Å². The third kappa shape index (κ3) is 4.08. The Bertz CT molecular complexity index is 846. The highest BCUT2D eigenvalue weighted by Crippen LogP contribution is 2.31. The van der Waals surface area contributed by atoms with Crippen molar-refractivity contribution >= 4 is 15.9 Å². The first-order valence-corrected chi connectivity index (χ1v) is 11.6. The zero-order valence-electron chi connectivity index (χ0n) is 16.7. The summed E-state index contributed by atoms with van der Waals surface area (Å²) in [7, 11) is -3.72. The molecule has 3 rings (SSSR count). The summed E-state index contributed by atoms with van der Waals surface area (Å²) in [5.41, 5.74) is 0.160. The highest BCUT2D eigenvalue weighted by atomic mass is 32.2. The van der Waals surface area contributed by atoms with E-state index >= 15 is 0 Å². The molecular weight excluding hydrogens is 374 g/mol. The predicted molar refractivity (Wildman–Crippen MR) is 107 cm³/mol. The van der Waals surface area contributed by atoms with Crippen molar-refractivity contribution < 1.29 is 13.2 Å². The minimum absolute atomic E-state index is 0.0528. The summed E-state index contributed by atoms with van der Waals surface area (Å²) in [5, 5.41) is 9.23. The van der Waals surface area contributed by atoms with E-state index in [4.69, 9.17) is 0 Å². The molecule has 0 unspecified atom stereocenters. The molecule has 0 bridgehead atoms. The van der Waals surface area contributed by atoms with E-state index in [9.17, 15) is 18.5 Å². The van der Waals surface area contributed by atoms with E-state index < -0.39 is 10.0 Å². The fourth-order valence-corrected chi connectivity index (χ4v) is 6.13. The first kappa shape index (κ1) is 20.8. The molecule has 0 spiro atoms. The molecule has 1 heterocycles. The molecule has 1 saturated heterocycles. The van der Waals surface area contributed by atoms with Crippen LogP contribution in [0.5, 0.6) is 0 Å². The number of rotatable bonds is 5. The van der Waals surface area contributed by atoms with Crippen molar-refractivity contribution in [3.8, 4) is 6.07 Å². The fraction of sp³-hybridized carbons (Fsp3) is 0.619. The summed E-state index contributed by atoms with van der Waals surface area (Å²) in [6, 6.07) is 8.74. The van der Waals surface area contributed by atoms with Gasteiger partial charge in [-0.3, -0.25) is 4.79 Å². The summed E-state index contributed by atoms with van der Waals surface area (Å²) >= 11 is 0. The summed E-state index contributed by atoms with van der Waals surface area (Å²) < 4.78 is 27.4. The third-order valence-corrected chi connectivity index (χ3v) is 7.91. The molecule has 28 heavy (non-hydrogen) atoms. The maximum atomic E-state index is 13.2. The molecule has 0 N–H and O–H groups in total. The van der Waals surface area contributed by atoms with Gasteiger partial charge < -0.3 is 4.90 Å². The molecule has 1 aliphatic heterocycles. The Kier molecular flexibility index (Phi) is 6.41. The van der Waals surface area contributed by atoms with Crippen LogP contribution in [0.1, 0.15) is 57.9 Å². The summed E-state index contributed by atoms with van der Waals surface area (Å²) in [6.45, 7) is 4.76. The van der Waals surface area contributed by atoms with Gasteiger partial charge >= 0.3 is 0 Å². The van der Waals surface area contributed by atoms with Crippen LogP contribution in [0.2, 0.25) is 0 Å². The smallest absolute Gasteiger partial charge is 0.244 e. The number of nitrogens with zero attached hydrogens (tertiary/aromatic N) is 3. The van der Waals surface area contributed by atoms with Crippen molar-refractivity contribution in [2.24, 2.45) is 5.92 Å². The molecule has 1 saturated carbocycles. The van der Waals surface area contributed by atoms with Gasteiger partial charge in [0.25, 0.3) is 0 Å². The van der Waals surface area contributed by atoms with Crippen molar-refractivity contribution in [1.82, 2.24) is 9.21 Å². The van der Waals surface area contributed by atoms with Gasteiger partial charge in [-0.25, -0.2) is 8.42 Å². The standard InChI is InChI=1S/C21H29N3O3S/c1-16(2)24(19-8-4-5-9-19)21(25)17-11-13-23(14-12-17)28(26,27)20-10-6-3-7-18(20)15-22/h3,6-7,10,16-17,19H,4-5,8-9,11-14H2,1-2H3. The van der Waals surface area contributed by atoms with Crippen molar-refractivity contribution in [3.63, 3.8) is 0 Å². The number of sulfonamides is 1. The highest BCUT2D eigenvalue weighted by molar-refractivity contribution is 7.89. The van der Waals surface area contributed by atoms with Crippen LogP contribution in [-0.2, 0) is 14.8 Å². The first-order valence-electron chi connectivity index (χ1n) is 10.2. The molecule has 152 valence electrons. The maximum Gasteiger partial charge on any atom is 0.244 e. The second-order valence-electron chi connectivity index (χ2n) is 8.06. The average Bonchev–Trinajstić information content (AvgIpc) is 3.22. The molecule has 1 aliphatic carbocycles. The van der Waals surface area contributed by atoms with Gasteiger partial charge in [0.15, 0.2) is 0 Å². The van der Waals surface area contributed by atoms with Crippen LogP contribution >= 0.6 is 0 Å². The lowest BCUT2D eigenvalue weighted by molar-refractivity contribution is -0.141. The van der Waals surface area contributed by atoms with Crippen LogP contribution in [0.15, 0.2) is 29.2 Å². The van der Waals surface area contributed by atoms with Crippen molar-refractivity contribution in [2.45, 2.75) is 69.4 Å². The maximum absolute atomic E-state index is 13.2. The molecule has 1 aromatic rings.